The molecule has 0 aliphatic rings. The first kappa shape index (κ1) is 13.8. The van der Waals surface area contributed by atoms with E-state index in [1.807, 2.05) is 25.1 Å². The number of phenolic OH excluding ortho intramolecular Hbond substituents is 2. The van der Waals surface area contributed by atoms with E-state index >= 15 is 0 Å². The van der Waals surface area contributed by atoms with Gasteiger partial charge in [-0.05, 0) is 38.1 Å². The van der Waals surface area contributed by atoms with Gasteiger partial charge in [-0.3, -0.25) is 0 Å². The molecule has 0 saturated heterocycles. The van der Waals surface area contributed by atoms with Gasteiger partial charge in [0.2, 0.25) is 0 Å². The molecule has 17 heavy (non-hydrogen) atoms. The Kier molecular flexibility index (Phi) is 4.82. The number of nitrogens with zero attached hydrogens (tertiary/aromatic N) is 1. The fraction of sp³-hybridized carbons (Fsp3) is 0.571. The molecule has 1 unspecified atom stereocenters. The predicted molar refractivity (Wildman–Crippen MR) is 70.3 cm³/mol. The summed E-state index contributed by atoms with van der Waals surface area (Å²) in [7, 11) is 3.88. The molecule has 0 saturated carbocycles. The summed E-state index contributed by atoms with van der Waals surface area (Å²) in [6.07, 6.45) is 2.05. The molecular weight excluding hydrogens is 214 g/mol. The van der Waals surface area contributed by atoms with Gasteiger partial charge >= 0.3 is 0 Å². The normalized spacial score (nSPS) is 13.0. The first-order valence-electron chi connectivity index (χ1n) is 6.12. The summed E-state index contributed by atoms with van der Waals surface area (Å²) in [4.78, 5) is 1.97. The highest BCUT2D eigenvalue weighted by Crippen LogP contribution is 2.32. The van der Waals surface area contributed by atoms with E-state index in [-0.39, 0.29) is 11.5 Å². The zero-order valence-corrected chi connectivity index (χ0v) is 11.2. The molecule has 1 rings (SSSR count). The fourth-order valence-electron chi connectivity index (χ4n) is 1.87. The molecule has 0 radical (unpaired) electrons. The molecule has 0 heterocycles. The van der Waals surface area contributed by atoms with Gasteiger partial charge in [-0.2, -0.15) is 0 Å². The fourth-order valence-corrected chi connectivity index (χ4v) is 1.87. The lowest BCUT2D eigenvalue weighted by atomic mass is 9.97. The van der Waals surface area contributed by atoms with E-state index in [9.17, 15) is 10.2 Å². The quantitative estimate of drug-likeness (QED) is 0.774. The van der Waals surface area contributed by atoms with Crippen LogP contribution < -0.4 is 0 Å². The van der Waals surface area contributed by atoms with Crippen LogP contribution in [0.2, 0.25) is 0 Å². The van der Waals surface area contributed by atoms with Crippen LogP contribution >= 0.6 is 0 Å². The molecule has 0 aliphatic heterocycles. The van der Waals surface area contributed by atoms with Crippen molar-refractivity contribution in [3.8, 4) is 11.5 Å². The molecule has 0 bridgehead atoms. The first-order valence-corrected chi connectivity index (χ1v) is 6.12. The van der Waals surface area contributed by atoms with Crippen LogP contribution in [-0.2, 0) is 13.0 Å². The van der Waals surface area contributed by atoms with E-state index in [0.717, 1.165) is 24.0 Å². The van der Waals surface area contributed by atoms with Crippen molar-refractivity contribution in [1.82, 2.24) is 4.90 Å². The Labute approximate surface area is 104 Å². The zero-order chi connectivity index (χ0) is 13.0. The molecule has 1 aromatic carbocycles. The van der Waals surface area contributed by atoms with Crippen molar-refractivity contribution in [3.63, 3.8) is 0 Å². The number of phenols is 2. The summed E-state index contributed by atoms with van der Waals surface area (Å²) in [6.45, 7) is 4.98. The molecular formula is C14H23NO2. The molecule has 2 N–H and O–H groups in total. The molecule has 1 atom stereocenters. The molecule has 0 aromatic heterocycles. The Morgan fingerprint density at radius 3 is 2.41 bits per heavy atom. The molecule has 0 aliphatic carbocycles. The summed E-state index contributed by atoms with van der Waals surface area (Å²) in [5.74, 6) is 0.584. The number of aromatic hydroxyl groups is 2. The van der Waals surface area contributed by atoms with Crippen LogP contribution in [0.5, 0.6) is 11.5 Å². The maximum absolute atomic E-state index is 9.79. The van der Waals surface area contributed by atoms with Gasteiger partial charge in [0.1, 0.15) is 0 Å². The van der Waals surface area contributed by atoms with Gasteiger partial charge in [0.15, 0.2) is 11.5 Å². The molecule has 96 valence electrons. The van der Waals surface area contributed by atoms with Crippen LogP contribution in [-0.4, -0.2) is 29.2 Å². The van der Waals surface area contributed by atoms with Gasteiger partial charge < -0.3 is 15.1 Å². The molecule has 0 spiro atoms. The second-order valence-corrected chi connectivity index (χ2v) is 5.08. The van der Waals surface area contributed by atoms with E-state index in [4.69, 9.17) is 0 Å². The first-order chi connectivity index (χ1) is 7.93. The molecule has 1 aromatic rings. The van der Waals surface area contributed by atoms with Crippen molar-refractivity contribution in [3.05, 3.63) is 23.3 Å². The molecule has 3 nitrogen and oxygen atoms in total. The topological polar surface area (TPSA) is 43.7 Å². The van der Waals surface area contributed by atoms with Crippen LogP contribution in [0.1, 0.15) is 31.4 Å². The third-order valence-corrected chi connectivity index (χ3v) is 3.00. The minimum atomic E-state index is -0.0114. The Balaban J connectivity index is 2.97. The predicted octanol–water partition coefficient (Wildman–Crippen LogP) is 2.75. The second-order valence-electron chi connectivity index (χ2n) is 5.08. The van der Waals surface area contributed by atoms with Crippen LogP contribution in [0.25, 0.3) is 0 Å². The van der Waals surface area contributed by atoms with Crippen molar-refractivity contribution in [2.75, 3.05) is 14.1 Å². The van der Waals surface area contributed by atoms with Gasteiger partial charge in [0, 0.05) is 12.1 Å². The minimum Gasteiger partial charge on any atom is -0.504 e. The number of hydrogen-bond donors (Lipinski definition) is 2. The third-order valence-electron chi connectivity index (χ3n) is 3.00. The maximum atomic E-state index is 9.79. The highest BCUT2D eigenvalue weighted by Gasteiger charge is 2.11. The Morgan fingerprint density at radius 1 is 1.24 bits per heavy atom. The largest absolute Gasteiger partial charge is 0.504 e. The molecule has 3 heteroatoms. The van der Waals surface area contributed by atoms with Gasteiger partial charge in [-0.15, -0.1) is 0 Å². The van der Waals surface area contributed by atoms with Crippen molar-refractivity contribution in [2.45, 2.75) is 33.2 Å². The second kappa shape index (κ2) is 5.92. The summed E-state index contributed by atoms with van der Waals surface area (Å²) in [6, 6.07) is 3.65. The van der Waals surface area contributed by atoms with Crippen molar-refractivity contribution in [1.29, 1.82) is 0 Å². The average molecular weight is 237 g/mol. The van der Waals surface area contributed by atoms with Crippen LogP contribution in [0, 0.1) is 5.92 Å². The lowest BCUT2D eigenvalue weighted by Gasteiger charge is -2.15. The minimum absolute atomic E-state index is 0.00611. The SMILES string of the molecule is CCC(C)Cc1cc(O)c(O)c(CN(C)C)c1. The van der Waals surface area contributed by atoms with Crippen molar-refractivity contribution < 1.29 is 10.2 Å². The lowest BCUT2D eigenvalue weighted by Crippen LogP contribution is -2.11. The highest BCUT2D eigenvalue weighted by molar-refractivity contribution is 5.47. The summed E-state index contributed by atoms with van der Waals surface area (Å²) >= 11 is 0. The summed E-state index contributed by atoms with van der Waals surface area (Å²) < 4.78 is 0. The van der Waals surface area contributed by atoms with Gasteiger partial charge in [0.25, 0.3) is 0 Å². The van der Waals surface area contributed by atoms with Crippen LogP contribution in [0.4, 0.5) is 0 Å². The zero-order valence-electron chi connectivity index (χ0n) is 11.2. The van der Waals surface area contributed by atoms with E-state index in [1.165, 1.54) is 0 Å². The Morgan fingerprint density at radius 2 is 1.88 bits per heavy atom. The number of benzene rings is 1. The Hall–Kier alpha value is -1.22. The number of hydrogen-bond acceptors (Lipinski definition) is 3. The lowest BCUT2D eigenvalue weighted by molar-refractivity contribution is 0.367. The van der Waals surface area contributed by atoms with E-state index in [1.54, 1.807) is 6.07 Å². The third kappa shape index (κ3) is 3.93. The van der Waals surface area contributed by atoms with Gasteiger partial charge in [-0.1, -0.05) is 26.3 Å². The van der Waals surface area contributed by atoms with Gasteiger partial charge in [0.05, 0.1) is 0 Å². The van der Waals surface area contributed by atoms with Crippen LogP contribution in [0.15, 0.2) is 12.1 Å². The monoisotopic (exact) mass is 237 g/mol. The summed E-state index contributed by atoms with van der Waals surface area (Å²) in [5, 5.41) is 19.5. The highest BCUT2D eigenvalue weighted by atomic mass is 16.3. The van der Waals surface area contributed by atoms with Crippen molar-refractivity contribution >= 4 is 0 Å². The smallest absolute Gasteiger partial charge is 0.162 e. The maximum Gasteiger partial charge on any atom is 0.162 e. The molecule has 0 fully saturated rings. The van der Waals surface area contributed by atoms with Crippen LogP contribution in [0.3, 0.4) is 0 Å². The molecule has 0 amide bonds. The van der Waals surface area contributed by atoms with E-state index < -0.39 is 0 Å². The summed E-state index contributed by atoms with van der Waals surface area (Å²) in [5.41, 5.74) is 1.87. The van der Waals surface area contributed by atoms with E-state index in [0.29, 0.717) is 12.5 Å². The standard InChI is InChI=1S/C14H23NO2/c1-5-10(2)6-11-7-12(9-15(3)4)14(17)13(16)8-11/h7-8,10,16-17H,5-6,9H2,1-4H3. The Bertz CT molecular complexity index is 375. The van der Waals surface area contributed by atoms with Gasteiger partial charge in [-0.25, -0.2) is 0 Å². The van der Waals surface area contributed by atoms with Crippen molar-refractivity contribution in [2.24, 2.45) is 5.92 Å². The van der Waals surface area contributed by atoms with E-state index in [2.05, 4.69) is 13.8 Å². The number of rotatable bonds is 5. The average Bonchev–Trinajstić information content (AvgIpc) is 2.24.